The zero-order chi connectivity index (χ0) is 19.5. The summed E-state index contributed by atoms with van der Waals surface area (Å²) in [6, 6.07) is 13.3. The molecule has 0 spiro atoms. The Kier molecular flexibility index (Phi) is 6.31. The quantitative estimate of drug-likeness (QED) is 0.461. The third kappa shape index (κ3) is 4.74. The van der Waals surface area contributed by atoms with E-state index in [-0.39, 0.29) is 12.0 Å². The minimum atomic E-state index is 0.0762. The van der Waals surface area contributed by atoms with Crippen molar-refractivity contribution in [2.24, 2.45) is 0 Å². The van der Waals surface area contributed by atoms with Crippen molar-refractivity contribution in [3.8, 4) is 5.19 Å². The number of nitrogens with zero attached hydrogens (tertiary/aromatic N) is 2. The van der Waals surface area contributed by atoms with Crippen molar-refractivity contribution in [1.29, 1.82) is 0 Å². The van der Waals surface area contributed by atoms with Gasteiger partial charge in [0.05, 0.1) is 15.5 Å². The number of ether oxygens (including phenoxy) is 1. The largest absolute Gasteiger partial charge is 0.467 e. The predicted molar refractivity (Wildman–Crippen MR) is 117 cm³/mol. The van der Waals surface area contributed by atoms with Gasteiger partial charge in [0, 0.05) is 35.8 Å². The number of hydrogen-bond acceptors (Lipinski definition) is 5. The van der Waals surface area contributed by atoms with Crippen molar-refractivity contribution in [3.63, 3.8) is 0 Å². The number of rotatable bonds is 5. The lowest BCUT2D eigenvalue weighted by Crippen LogP contribution is -2.42. The number of amides is 1. The van der Waals surface area contributed by atoms with Gasteiger partial charge in [0.25, 0.3) is 5.19 Å². The highest BCUT2D eigenvalue weighted by atomic mass is 35.5. The molecule has 0 saturated carbocycles. The van der Waals surface area contributed by atoms with Crippen LogP contribution in [0.5, 0.6) is 5.19 Å². The minimum absolute atomic E-state index is 0.0762. The molecule has 1 aromatic heterocycles. The SMILES string of the molecule is O=C(CSc1ccc(Cl)cc1)N1CCC(Oc2nc3c(Cl)cccc3s2)CC1. The van der Waals surface area contributed by atoms with Gasteiger partial charge in [-0.2, -0.15) is 0 Å². The van der Waals surface area contributed by atoms with E-state index in [0.717, 1.165) is 28.0 Å². The highest BCUT2D eigenvalue weighted by Crippen LogP contribution is 2.33. The normalized spacial score (nSPS) is 15.1. The second-order valence-electron chi connectivity index (χ2n) is 6.51. The zero-order valence-corrected chi connectivity index (χ0v) is 18.1. The molecule has 1 fully saturated rings. The van der Waals surface area contributed by atoms with E-state index < -0.39 is 0 Å². The van der Waals surface area contributed by atoms with Gasteiger partial charge in [0.2, 0.25) is 5.91 Å². The Bertz CT molecular complexity index is 970. The third-order valence-electron chi connectivity index (χ3n) is 4.59. The van der Waals surface area contributed by atoms with Gasteiger partial charge in [-0.15, -0.1) is 11.8 Å². The molecule has 0 N–H and O–H groups in total. The fourth-order valence-electron chi connectivity index (χ4n) is 3.08. The predicted octanol–water partition coefficient (Wildman–Crippen LogP) is 5.77. The highest BCUT2D eigenvalue weighted by molar-refractivity contribution is 8.00. The first kappa shape index (κ1) is 19.8. The standard InChI is InChI=1S/C20H18Cl2N2O2S2/c21-13-4-6-15(7-5-13)27-12-18(25)24-10-8-14(9-11-24)26-20-23-19-16(22)2-1-3-17(19)28-20/h1-7,14H,8-12H2. The summed E-state index contributed by atoms with van der Waals surface area (Å²) in [7, 11) is 0. The second-order valence-corrected chi connectivity index (χ2v) is 9.39. The molecule has 3 aromatic rings. The summed E-state index contributed by atoms with van der Waals surface area (Å²) in [5.74, 6) is 0.592. The number of halogens is 2. The van der Waals surface area contributed by atoms with Crippen LogP contribution in [0.25, 0.3) is 10.2 Å². The van der Waals surface area contributed by atoms with Crippen LogP contribution in [0, 0.1) is 0 Å². The zero-order valence-electron chi connectivity index (χ0n) is 14.9. The average molecular weight is 453 g/mol. The van der Waals surface area contributed by atoms with Gasteiger partial charge in [0.1, 0.15) is 11.6 Å². The summed E-state index contributed by atoms with van der Waals surface area (Å²) in [5, 5.41) is 1.99. The third-order valence-corrected chi connectivity index (χ3v) is 7.05. The van der Waals surface area contributed by atoms with Crippen molar-refractivity contribution >= 4 is 62.4 Å². The van der Waals surface area contributed by atoms with Gasteiger partial charge in [-0.05, 0) is 36.4 Å². The Morgan fingerprint density at radius 3 is 2.64 bits per heavy atom. The van der Waals surface area contributed by atoms with Crippen LogP contribution in [-0.2, 0) is 4.79 Å². The van der Waals surface area contributed by atoms with Crippen molar-refractivity contribution in [2.45, 2.75) is 23.8 Å². The van der Waals surface area contributed by atoms with Crippen LogP contribution in [0.1, 0.15) is 12.8 Å². The van der Waals surface area contributed by atoms with Gasteiger partial charge in [-0.25, -0.2) is 4.98 Å². The monoisotopic (exact) mass is 452 g/mol. The van der Waals surface area contributed by atoms with Crippen LogP contribution in [0.3, 0.4) is 0 Å². The van der Waals surface area contributed by atoms with E-state index in [4.69, 9.17) is 27.9 Å². The summed E-state index contributed by atoms with van der Waals surface area (Å²) in [6.07, 6.45) is 1.69. The highest BCUT2D eigenvalue weighted by Gasteiger charge is 2.25. The first-order chi connectivity index (χ1) is 13.6. The minimum Gasteiger partial charge on any atom is -0.467 e. The number of aromatic nitrogens is 1. The van der Waals surface area contributed by atoms with Crippen LogP contribution >= 0.6 is 46.3 Å². The molecule has 1 amide bonds. The summed E-state index contributed by atoms with van der Waals surface area (Å²) in [6.45, 7) is 1.41. The molecule has 1 aliphatic rings. The van der Waals surface area contributed by atoms with E-state index in [2.05, 4.69) is 4.98 Å². The Morgan fingerprint density at radius 2 is 1.93 bits per heavy atom. The first-order valence-electron chi connectivity index (χ1n) is 8.96. The smallest absolute Gasteiger partial charge is 0.274 e. The maximum absolute atomic E-state index is 12.5. The van der Waals surface area contributed by atoms with Crippen LogP contribution in [-0.4, -0.2) is 40.7 Å². The molecule has 0 unspecified atom stereocenters. The molecule has 146 valence electrons. The molecular formula is C20H18Cl2N2O2S2. The van der Waals surface area contributed by atoms with Crippen molar-refractivity contribution < 1.29 is 9.53 Å². The van der Waals surface area contributed by atoms with E-state index in [1.165, 1.54) is 23.1 Å². The van der Waals surface area contributed by atoms with Crippen molar-refractivity contribution in [2.75, 3.05) is 18.8 Å². The lowest BCUT2D eigenvalue weighted by atomic mass is 10.1. The molecule has 0 atom stereocenters. The van der Waals surface area contributed by atoms with E-state index in [1.807, 2.05) is 47.4 Å². The van der Waals surface area contributed by atoms with Gasteiger partial charge >= 0.3 is 0 Å². The Labute approximate surface area is 181 Å². The summed E-state index contributed by atoms with van der Waals surface area (Å²) < 4.78 is 7.08. The molecule has 4 nitrogen and oxygen atoms in total. The summed E-state index contributed by atoms with van der Waals surface area (Å²) >= 11 is 15.1. The number of carbonyl (C=O) groups excluding carboxylic acids is 1. The number of thioether (sulfide) groups is 1. The summed E-state index contributed by atoms with van der Waals surface area (Å²) in [4.78, 5) is 19.9. The number of thiazole rings is 1. The number of carbonyl (C=O) groups is 1. The van der Waals surface area contributed by atoms with Gasteiger partial charge < -0.3 is 9.64 Å². The number of para-hydroxylation sites is 1. The second kappa shape index (κ2) is 8.91. The summed E-state index contributed by atoms with van der Waals surface area (Å²) in [5.41, 5.74) is 0.788. The Balaban J connectivity index is 1.27. The van der Waals surface area contributed by atoms with Crippen LogP contribution in [0.15, 0.2) is 47.4 Å². The lowest BCUT2D eigenvalue weighted by molar-refractivity contribution is -0.130. The van der Waals surface area contributed by atoms with E-state index in [1.54, 1.807) is 0 Å². The molecular weight excluding hydrogens is 435 g/mol. The number of fused-ring (bicyclic) bond motifs is 1. The van der Waals surface area contributed by atoms with Crippen LogP contribution < -0.4 is 4.74 Å². The molecule has 4 rings (SSSR count). The molecule has 0 radical (unpaired) electrons. The van der Waals surface area contributed by atoms with Crippen LogP contribution in [0.4, 0.5) is 0 Å². The Hall–Kier alpha value is -1.47. The molecule has 0 aliphatic carbocycles. The molecule has 1 aliphatic heterocycles. The van der Waals surface area contributed by atoms with Gasteiger partial charge in [-0.3, -0.25) is 4.79 Å². The van der Waals surface area contributed by atoms with E-state index in [0.29, 0.717) is 34.1 Å². The van der Waals surface area contributed by atoms with Crippen molar-refractivity contribution in [1.82, 2.24) is 9.88 Å². The fourth-order valence-corrected chi connectivity index (χ4v) is 5.19. The van der Waals surface area contributed by atoms with E-state index >= 15 is 0 Å². The Morgan fingerprint density at radius 1 is 1.18 bits per heavy atom. The maximum atomic E-state index is 12.5. The maximum Gasteiger partial charge on any atom is 0.274 e. The van der Waals surface area contributed by atoms with E-state index in [9.17, 15) is 4.79 Å². The average Bonchev–Trinajstić information content (AvgIpc) is 3.12. The molecule has 2 aromatic carbocycles. The number of likely N-dealkylation sites (tertiary alicyclic amines) is 1. The lowest BCUT2D eigenvalue weighted by Gasteiger charge is -2.31. The molecule has 28 heavy (non-hydrogen) atoms. The number of benzene rings is 2. The number of hydrogen-bond donors (Lipinski definition) is 0. The van der Waals surface area contributed by atoms with Gasteiger partial charge in [0.15, 0.2) is 0 Å². The molecule has 0 bridgehead atoms. The first-order valence-corrected chi connectivity index (χ1v) is 11.5. The number of piperidine rings is 1. The van der Waals surface area contributed by atoms with Gasteiger partial charge in [-0.1, -0.05) is 40.6 Å². The van der Waals surface area contributed by atoms with Crippen LogP contribution in [0.2, 0.25) is 10.0 Å². The molecule has 8 heteroatoms. The topological polar surface area (TPSA) is 42.4 Å². The van der Waals surface area contributed by atoms with Crippen molar-refractivity contribution in [3.05, 3.63) is 52.5 Å². The fraction of sp³-hybridized carbons (Fsp3) is 0.300. The molecule has 2 heterocycles. The molecule has 1 saturated heterocycles.